The number of aromatic nitrogens is 1. The lowest BCUT2D eigenvalue weighted by Crippen LogP contribution is -2.48. The molecule has 1 aromatic heterocycles. The normalized spacial score (nSPS) is 23.6. The Morgan fingerprint density at radius 3 is 1.50 bits per heavy atom. The van der Waals surface area contributed by atoms with Crippen LogP contribution in [0.15, 0.2) is 54.7 Å². The predicted molar refractivity (Wildman–Crippen MR) is 221 cm³/mol. The van der Waals surface area contributed by atoms with Crippen molar-refractivity contribution in [3.8, 4) is 0 Å². The van der Waals surface area contributed by atoms with E-state index in [2.05, 4.69) is 71.2 Å². The molecule has 6 rings (SSSR count). The molecule has 0 amide bonds. The van der Waals surface area contributed by atoms with E-state index in [1.807, 2.05) is 52.9 Å². The second-order valence-corrected chi connectivity index (χ2v) is 13.9. The fraction of sp³-hybridized carbons (Fsp3) is 0.756. The number of ether oxygens (including phenoxy) is 3. The summed E-state index contributed by atoms with van der Waals surface area (Å²) in [6.07, 6.45) is 21.3. The van der Waals surface area contributed by atoms with Gasteiger partial charge in [0.1, 0.15) is 6.10 Å². The van der Waals surface area contributed by atoms with Gasteiger partial charge in [0.15, 0.2) is 0 Å². The van der Waals surface area contributed by atoms with Crippen LogP contribution in [-0.4, -0.2) is 68.7 Å². The molecule has 7 heteroatoms. The van der Waals surface area contributed by atoms with Crippen molar-refractivity contribution in [3.05, 3.63) is 66.0 Å². The molecular formula is C45H80N4O3. The number of rotatable bonds is 12. The Kier molecular flexibility index (Phi) is 27.1. The van der Waals surface area contributed by atoms with Gasteiger partial charge in [0, 0.05) is 44.1 Å². The molecule has 3 N–H and O–H groups in total. The van der Waals surface area contributed by atoms with Crippen LogP contribution in [0.1, 0.15) is 162 Å². The summed E-state index contributed by atoms with van der Waals surface area (Å²) in [6.45, 7) is 20.1. The van der Waals surface area contributed by atoms with Crippen molar-refractivity contribution in [3.63, 3.8) is 0 Å². The largest absolute Gasteiger partial charge is 0.377 e. The predicted octanol–water partition coefficient (Wildman–Crippen LogP) is 10.4. The van der Waals surface area contributed by atoms with Gasteiger partial charge in [-0.1, -0.05) is 103 Å². The van der Waals surface area contributed by atoms with Crippen molar-refractivity contribution in [2.45, 2.75) is 175 Å². The lowest BCUT2D eigenvalue weighted by molar-refractivity contribution is -0.0230. The Hall–Kier alpha value is -1.87. The van der Waals surface area contributed by atoms with Crippen molar-refractivity contribution < 1.29 is 14.2 Å². The third-order valence-corrected chi connectivity index (χ3v) is 10.4. The third kappa shape index (κ3) is 17.1. The topological polar surface area (TPSA) is 76.7 Å². The molecule has 1 aromatic carbocycles. The van der Waals surface area contributed by atoms with Crippen molar-refractivity contribution in [1.29, 1.82) is 0 Å². The van der Waals surface area contributed by atoms with E-state index < -0.39 is 0 Å². The zero-order chi connectivity index (χ0) is 37.7. The van der Waals surface area contributed by atoms with E-state index in [1.165, 1.54) is 102 Å². The lowest BCUT2D eigenvalue weighted by atomic mass is 9.81. The first-order chi connectivity index (χ1) is 25.7. The molecule has 0 bridgehead atoms. The second-order valence-electron chi connectivity index (χ2n) is 13.9. The zero-order valence-corrected chi connectivity index (χ0v) is 34.6. The maximum Gasteiger partial charge on any atom is 0.115 e. The maximum atomic E-state index is 6.06. The zero-order valence-electron chi connectivity index (χ0n) is 34.6. The summed E-state index contributed by atoms with van der Waals surface area (Å²) < 4.78 is 17.8. The van der Waals surface area contributed by atoms with Gasteiger partial charge in [0.25, 0.3) is 0 Å². The number of pyridine rings is 1. The quantitative estimate of drug-likeness (QED) is 0.201. The summed E-state index contributed by atoms with van der Waals surface area (Å²) >= 11 is 0. The molecule has 3 saturated heterocycles. The van der Waals surface area contributed by atoms with Crippen LogP contribution in [0.3, 0.4) is 0 Å². The summed E-state index contributed by atoms with van der Waals surface area (Å²) in [6, 6.07) is 18.1. The van der Waals surface area contributed by atoms with Crippen LogP contribution in [0.25, 0.3) is 0 Å². The van der Waals surface area contributed by atoms with E-state index in [0.717, 1.165) is 44.5 Å². The number of hydrogen-bond acceptors (Lipinski definition) is 7. The molecular weight excluding hydrogens is 645 g/mol. The molecule has 52 heavy (non-hydrogen) atoms. The van der Waals surface area contributed by atoms with Gasteiger partial charge in [-0.3, -0.25) is 4.98 Å². The van der Waals surface area contributed by atoms with Crippen LogP contribution >= 0.6 is 0 Å². The minimum Gasteiger partial charge on any atom is -0.377 e. The van der Waals surface area contributed by atoms with Crippen molar-refractivity contribution in [2.24, 2.45) is 5.92 Å². The molecule has 1 saturated carbocycles. The summed E-state index contributed by atoms with van der Waals surface area (Å²) in [4.78, 5) is 4.41. The van der Waals surface area contributed by atoms with Gasteiger partial charge < -0.3 is 30.2 Å². The van der Waals surface area contributed by atoms with Gasteiger partial charge >= 0.3 is 0 Å². The van der Waals surface area contributed by atoms with E-state index in [-0.39, 0.29) is 12.2 Å². The van der Waals surface area contributed by atoms with Crippen LogP contribution in [0.4, 0.5) is 0 Å². The Labute approximate surface area is 320 Å². The highest BCUT2D eigenvalue weighted by Gasteiger charge is 2.32. The summed E-state index contributed by atoms with van der Waals surface area (Å²) in [5.41, 5.74) is 2.34. The average molecular weight is 725 g/mol. The van der Waals surface area contributed by atoms with Crippen molar-refractivity contribution in [2.75, 3.05) is 39.5 Å². The SMILES string of the molecule is CC.CC.CCOC(C1CCCCC1)C1CCCCN1.CCOC(c1ccccc1)C1CCCCN1.CCOC(c1ccccn1)C1CCCCN1. The molecule has 6 atom stereocenters. The molecule has 0 radical (unpaired) electrons. The van der Waals surface area contributed by atoms with Crippen LogP contribution in [0.5, 0.6) is 0 Å². The third-order valence-electron chi connectivity index (χ3n) is 10.4. The molecule has 4 fully saturated rings. The van der Waals surface area contributed by atoms with Crippen LogP contribution in [0, 0.1) is 5.92 Å². The van der Waals surface area contributed by atoms with Gasteiger partial charge in [0.05, 0.1) is 17.9 Å². The fourth-order valence-corrected chi connectivity index (χ4v) is 8.07. The monoisotopic (exact) mass is 725 g/mol. The molecule has 4 aliphatic rings. The number of piperidine rings is 3. The van der Waals surface area contributed by atoms with E-state index >= 15 is 0 Å². The first-order valence-corrected chi connectivity index (χ1v) is 21.8. The molecule has 1 aliphatic carbocycles. The van der Waals surface area contributed by atoms with Gasteiger partial charge in [-0.15, -0.1) is 0 Å². The molecule has 3 aliphatic heterocycles. The molecule has 4 heterocycles. The van der Waals surface area contributed by atoms with Gasteiger partial charge in [-0.05, 0) is 115 Å². The molecule has 0 spiro atoms. The Balaban J connectivity index is 0.000000257. The summed E-state index contributed by atoms with van der Waals surface area (Å²) in [5.74, 6) is 0.823. The van der Waals surface area contributed by atoms with Crippen LogP contribution in [-0.2, 0) is 14.2 Å². The Bertz CT molecular complexity index is 956. The summed E-state index contributed by atoms with van der Waals surface area (Å²) in [5, 5.41) is 10.8. The maximum absolute atomic E-state index is 6.06. The van der Waals surface area contributed by atoms with E-state index in [1.54, 1.807) is 0 Å². The van der Waals surface area contributed by atoms with Crippen LogP contribution in [0.2, 0.25) is 0 Å². The summed E-state index contributed by atoms with van der Waals surface area (Å²) in [7, 11) is 0. The highest BCUT2D eigenvalue weighted by atomic mass is 16.5. The fourth-order valence-electron chi connectivity index (χ4n) is 8.07. The first-order valence-electron chi connectivity index (χ1n) is 21.8. The first kappa shape index (κ1) is 46.3. The molecule has 6 unspecified atom stereocenters. The standard InChI is InChI=1S/C14H27NO.C14H21NO.C13H20N2O.2C2H6/c2*1-2-16-14(12-8-4-3-5-9-12)13-10-6-7-11-15-13;1-2-16-13(11-7-3-5-9-14-11)12-8-4-6-10-15-12;2*1-2/h12-15H,2-11H2,1H3;3-5,8-9,13-15H,2,6-7,10-11H2,1H3;3,5,7,9,12-13,15H,2,4,6,8,10H2,1H3;2*1-2H3. The average Bonchev–Trinajstić information content (AvgIpc) is 3.25. The van der Waals surface area contributed by atoms with Gasteiger partial charge in [-0.25, -0.2) is 0 Å². The van der Waals surface area contributed by atoms with E-state index in [0.29, 0.717) is 24.2 Å². The van der Waals surface area contributed by atoms with Crippen LogP contribution < -0.4 is 16.0 Å². The van der Waals surface area contributed by atoms with Crippen molar-refractivity contribution >= 4 is 0 Å². The number of nitrogens with one attached hydrogen (secondary N) is 3. The van der Waals surface area contributed by atoms with E-state index in [4.69, 9.17) is 14.2 Å². The highest BCUT2D eigenvalue weighted by Crippen LogP contribution is 2.31. The number of benzene rings is 1. The Morgan fingerprint density at radius 2 is 1.02 bits per heavy atom. The molecule has 2 aromatic rings. The van der Waals surface area contributed by atoms with Crippen molar-refractivity contribution in [1.82, 2.24) is 20.9 Å². The van der Waals surface area contributed by atoms with E-state index in [9.17, 15) is 0 Å². The Morgan fingerprint density at radius 1 is 0.538 bits per heavy atom. The van der Waals surface area contributed by atoms with Gasteiger partial charge in [-0.2, -0.15) is 0 Å². The minimum atomic E-state index is 0.103. The molecule has 298 valence electrons. The smallest absolute Gasteiger partial charge is 0.115 e. The second kappa shape index (κ2) is 30.5. The number of hydrogen-bond donors (Lipinski definition) is 3. The lowest BCUT2D eigenvalue weighted by Gasteiger charge is -2.37. The van der Waals surface area contributed by atoms with Gasteiger partial charge in [0.2, 0.25) is 0 Å². The minimum absolute atomic E-state index is 0.103. The highest BCUT2D eigenvalue weighted by molar-refractivity contribution is 5.19. The number of nitrogens with zero attached hydrogens (tertiary/aromatic N) is 1. The molecule has 7 nitrogen and oxygen atoms in total.